The molecule has 1 atom stereocenters. The van der Waals surface area contributed by atoms with Crippen molar-refractivity contribution in [2.75, 3.05) is 0 Å². The van der Waals surface area contributed by atoms with E-state index in [1.165, 1.54) is 0 Å². The molecule has 0 aliphatic heterocycles. The van der Waals surface area contributed by atoms with E-state index >= 15 is 0 Å². The Hall–Kier alpha value is -0.920. The Morgan fingerprint density at radius 2 is 1.90 bits per heavy atom. The highest BCUT2D eigenvalue weighted by molar-refractivity contribution is 7.32. The Morgan fingerprint density at radius 1 is 1.30 bits per heavy atom. The van der Waals surface area contributed by atoms with Gasteiger partial charge in [0.1, 0.15) is 0 Å². The summed E-state index contributed by atoms with van der Waals surface area (Å²) in [6.45, 7) is 0. The SMILES string of the molecule is N=[P+]([O-])Oc1ccccc1. The minimum atomic E-state index is -2.28. The molecule has 0 aromatic heterocycles. The van der Waals surface area contributed by atoms with Gasteiger partial charge in [0.15, 0.2) is 5.75 Å². The molecule has 1 N–H and O–H groups in total. The van der Waals surface area contributed by atoms with E-state index < -0.39 is 8.17 Å². The molecule has 1 rings (SSSR count). The van der Waals surface area contributed by atoms with Gasteiger partial charge in [0.25, 0.3) is 0 Å². The molecule has 0 saturated carbocycles. The second-order valence-electron chi connectivity index (χ2n) is 1.66. The topological polar surface area (TPSA) is 56.1 Å². The third-order valence-corrected chi connectivity index (χ3v) is 1.31. The number of hydrogen-bond donors (Lipinski definition) is 1. The zero-order valence-corrected chi connectivity index (χ0v) is 6.04. The van der Waals surface area contributed by atoms with Gasteiger partial charge in [-0.3, -0.25) is 4.52 Å². The lowest BCUT2D eigenvalue weighted by atomic mass is 10.3. The molecule has 0 aliphatic rings. The van der Waals surface area contributed by atoms with Crippen molar-refractivity contribution < 1.29 is 9.42 Å². The highest BCUT2D eigenvalue weighted by Crippen LogP contribution is 2.18. The summed E-state index contributed by atoms with van der Waals surface area (Å²) in [4.78, 5) is 10.2. The lowest BCUT2D eigenvalue weighted by Gasteiger charge is -1.93. The fourth-order valence-electron chi connectivity index (χ4n) is 0.577. The van der Waals surface area contributed by atoms with Crippen LogP contribution in [-0.4, -0.2) is 0 Å². The van der Waals surface area contributed by atoms with Gasteiger partial charge in [-0.15, -0.1) is 0 Å². The molecular weight excluding hydrogens is 149 g/mol. The van der Waals surface area contributed by atoms with Gasteiger partial charge in [-0.25, -0.2) is 0 Å². The van der Waals surface area contributed by atoms with Crippen molar-refractivity contribution in [2.45, 2.75) is 0 Å². The predicted molar refractivity (Wildman–Crippen MR) is 36.7 cm³/mol. The van der Waals surface area contributed by atoms with E-state index in [9.17, 15) is 4.89 Å². The summed E-state index contributed by atoms with van der Waals surface area (Å²) in [6, 6.07) is 8.65. The Bertz CT molecular complexity index is 224. The summed E-state index contributed by atoms with van der Waals surface area (Å²) in [6.07, 6.45) is 0. The summed E-state index contributed by atoms with van der Waals surface area (Å²) in [5, 5.41) is 6.60. The van der Waals surface area contributed by atoms with Gasteiger partial charge in [0.2, 0.25) is 0 Å². The van der Waals surface area contributed by atoms with Crippen molar-refractivity contribution in [1.82, 2.24) is 0 Å². The highest BCUT2D eigenvalue weighted by Gasteiger charge is 1.96. The van der Waals surface area contributed by atoms with Gasteiger partial charge in [0.05, 0.1) is 0 Å². The Balaban J connectivity index is 2.67. The van der Waals surface area contributed by atoms with Crippen LogP contribution in [0.2, 0.25) is 0 Å². The van der Waals surface area contributed by atoms with Crippen LogP contribution < -0.4 is 9.42 Å². The predicted octanol–water partition coefficient (Wildman–Crippen LogP) is 1.50. The molecule has 3 nitrogen and oxygen atoms in total. The van der Waals surface area contributed by atoms with Crippen molar-refractivity contribution in [3.05, 3.63) is 30.3 Å². The molecule has 52 valence electrons. The van der Waals surface area contributed by atoms with Crippen LogP contribution in [0.25, 0.3) is 0 Å². The maximum absolute atomic E-state index is 10.2. The van der Waals surface area contributed by atoms with Gasteiger partial charge in [-0.05, 0) is 12.1 Å². The van der Waals surface area contributed by atoms with Gasteiger partial charge < -0.3 is 4.89 Å². The quantitative estimate of drug-likeness (QED) is 0.658. The largest absolute Gasteiger partial charge is 0.576 e. The number of benzene rings is 1. The van der Waals surface area contributed by atoms with Crippen LogP contribution in [-0.2, 0) is 0 Å². The second-order valence-corrected chi connectivity index (χ2v) is 2.36. The normalized spacial score (nSPS) is 10.7. The van der Waals surface area contributed by atoms with Gasteiger partial charge >= 0.3 is 8.17 Å². The lowest BCUT2D eigenvalue weighted by Crippen LogP contribution is -1.91. The molecule has 0 radical (unpaired) electrons. The first-order chi connectivity index (χ1) is 4.79. The first-order valence-electron chi connectivity index (χ1n) is 2.70. The average Bonchev–Trinajstić information content (AvgIpc) is 1.88. The maximum atomic E-state index is 10.2. The molecule has 0 amide bonds. The van der Waals surface area contributed by atoms with Crippen LogP contribution in [0.4, 0.5) is 0 Å². The van der Waals surface area contributed by atoms with Crippen LogP contribution >= 0.6 is 8.17 Å². The average molecular weight is 155 g/mol. The third-order valence-electron chi connectivity index (χ3n) is 0.932. The first-order valence-corrected chi connectivity index (χ1v) is 3.88. The van der Waals surface area contributed by atoms with Crippen LogP contribution in [0, 0.1) is 5.16 Å². The first kappa shape index (κ1) is 7.19. The molecule has 0 bridgehead atoms. The molecule has 0 saturated heterocycles. The van der Waals surface area contributed by atoms with E-state index in [0.29, 0.717) is 5.75 Å². The smallest absolute Gasteiger partial charge is 0.391 e. The molecule has 0 fully saturated rings. The van der Waals surface area contributed by atoms with Crippen LogP contribution in [0.15, 0.2) is 30.3 Å². The number of hydrogen-bond acceptors (Lipinski definition) is 3. The van der Waals surface area contributed by atoms with E-state index in [4.69, 9.17) is 5.16 Å². The fraction of sp³-hybridized carbons (Fsp3) is 0. The third kappa shape index (κ3) is 2.13. The number of nitrogens with one attached hydrogen (secondary N) is 1. The van der Waals surface area contributed by atoms with E-state index in [1.54, 1.807) is 24.3 Å². The van der Waals surface area contributed by atoms with Crippen molar-refractivity contribution in [1.29, 1.82) is 5.16 Å². The summed E-state index contributed by atoms with van der Waals surface area (Å²) < 4.78 is 4.59. The molecule has 0 aliphatic carbocycles. The monoisotopic (exact) mass is 155 g/mol. The zero-order valence-electron chi connectivity index (χ0n) is 5.15. The number of para-hydroxylation sites is 1. The minimum Gasteiger partial charge on any atom is -0.576 e. The molecular formula is C6H6NO2P. The Kier molecular flexibility index (Phi) is 2.37. The van der Waals surface area contributed by atoms with Crippen LogP contribution in [0.3, 0.4) is 0 Å². The minimum absolute atomic E-state index is 0.471. The van der Waals surface area contributed by atoms with Crippen LogP contribution in [0.5, 0.6) is 5.75 Å². The van der Waals surface area contributed by atoms with Gasteiger partial charge in [-0.2, -0.15) is 0 Å². The van der Waals surface area contributed by atoms with Gasteiger partial charge in [0, 0.05) is 0 Å². The van der Waals surface area contributed by atoms with Gasteiger partial charge in [-0.1, -0.05) is 23.4 Å². The molecule has 0 heterocycles. The standard InChI is InChI=1S/C6H6NO2P/c7-10(8)9-6-4-2-1-3-5-6/h1-5,7H. The second kappa shape index (κ2) is 3.30. The summed E-state index contributed by atoms with van der Waals surface area (Å²) in [5.74, 6) is 0.471. The number of rotatable bonds is 2. The Labute approximate surface area is 59.7 Å². The van der Waals surface area contributed by atoms with Crippen molar-refractivity contribution in [3.63, 3.8) is 0 Å². The summed E-state index contributed by atoms with van der Waals surface area (Å²) >= 11 is 0. The van der Waals surface area contributed by atoms with Crippen molar-refractivity contribution in [2.24, 2.45) is 0 Å². The molecule has 4 heteroatoms. The van der Waals surface area contributed by atoms with E-state index in [-0.39, 0.29) is 0 Å². The lowest BCUT2D eigenvalue weighted by molar-refractivity contribution is -0.169. The van der Waals surface area contributed by atoms with Crippen LogP contribution in [0.1, 0.15) is 0 Å². The van der Waals surface area contributed by atoms with Crippen molar-refractivity contribution >= 4 is 8.17 Å². The van der Waals surface area contributed by atoms with Crippen molar-refractivity contribution in [3.8, 4) is 5.75 Å². The molecule has 1 unspecified atom stereocenters. The summed E-state index contributed by atoms with van der Waals surface area (Å²) in [5.41, 5.74) is 0. The molecule has 0 spiro atoms. The molecule has 1 aromatic rings. The molecule has 10 heavy (non-hydrogen) atoms. The summed E-state index contributed by atoms with van der Waals surface area (Å²) in [7, 11) is -2.28. The zero-order chi connectivity index (χ0) is 7.40. The molecule has 1 aromatic carbocycles. The Morgan fingerprint density at radius 3 is 2.40 bits per heavy atom. The maximum Gasteiger partial charge on any atom is 0.391 e. The fourth-order valence-corrected chi connectivity index (χ4v) is 0.890. The van der Waals surface area contributed by atoms with E-state index in [2.05, 4.69) is 4.52 Å². The van der Waals surface area contributed by atoms with E-state index in [1.807, 2.05) is 6.07 Å². The van der Waals surface area contributed by atoms with E-state index in [0.717, 1.165) is 0 Å². The highest BCUT2D eigenvalue weighted by atomic mass is 31.1.